The van der Waals surface area contributed by atoms with Gasteiger partial charge in [0.25, 0.3) is 5.91 Å². The quantitative estimate of drug-likeness (QED) is 0.538. The van der Waals surface area contributed by atoms with Gasteiger partial charge in [0.15, 0.2) is 11.5 Å². The van der Waals surface area contributed by atoms with Gasteiger partial charge in [0.2, 0.25) is 5.91 Å². The number of hydrogen-bond donors (Lipinski definition) is 2. The number of amides is 2. The zero-order valence-electron chi connectivity index (χ0n) is 16.3. The van der Waals surface area contributed by atoms with Gasteiger partial charge in [-0.2, -0.15) is 0 Å². The summed E-state index contributed by atoms with van der Waals surface area (Å²) in [6.07, 6.45) is 9.10. The first kappa shape index (κ1) is 20.8. The van der Waals surface area contributed by atoms with Crippen LogP contribution in [0, 0.1) is 5.92 Å². The Morgan fingerprint density at radius 1 is 1.07 bits per heavy atom. The van der Waals surface area contributed by atoms with Crippen molar-refractivity contribution in [2.24, 2.45) is 5.92 Å². The number of ether oxygens (including phenoxy) is 2. The molecule has 0 spiro atoms. The van der Waals surface area contributed by atoms with E-state index in [0.29, 0.717) is 24.7 Å². The highest BCUT2D eigenvalue weighted by Crippen LogP contribution is 2.29. The molecule has 6 heteroatoms. The SMILES string of the molecule is CCCOc1ccc(/C=C/C(=O)NNC(=O)C2CCCCC2)cc1OCC. The highest BCUT2D eigenvalue weighted by molar-refractivity contribution is 5.93. The van der Waals surface area contributed by atoms with Crippen LogP contribution in [-0.4, -0.2) is 25.0 Å². The van der Waals surface area contributed by atoms with Gasteiger partial charge in [0.05, 0.1) is 13.2 Å². The lowest BCUT2D eigenvalue weighted by molar-refractivity contribution is -0.130. The summed E-state index contributed by atoms with van der Waals surface area (Å²) < 4.78 is 11.3. The molecule has 0 unspecified atom stereocenters. The minimum atomic E-state index is -0.372. The van der Waals surface area contributed by atoms with E-state index >= 15 is 0 Å². The molecule has 6 nitrogen and oxygen atoms in total. The van der Waals surface area contributed by atoms with Crippen LogP contribution in [0.15, 0.2) is 24.3 Å². The lowest BCUT2D eigenvalue weighted by Crippen LogP contribution is -2.44. The van der Waals surface area contributed by atoms with Gasteiger partial charge in [0, 0.05) is 12.0 Å². The summed E-state index contributed by atoms with van der Waals surface area (Å²) in [5.74, 6) is 0.877. The Bertz CT molecular complexity index is 652. The number of carbonyl (C=O) groups excluding carboxylic acids is 2. The molecule has 0 bridgehead atoms. The minimum absolute atomic E-state index is 0.00689. The molecular weight excluding hydrogens is 344 g/mol. The molecule has 2 amide bonds. The van der Waals surface area contributed by atoms with Crippen molar-refractivity contribution < 1.29 is 19.1 Å². The summed E-state index contributed by atoms with van der Waals surface area (Å²) in [6.45, 7) is 5.11. The minimum Gasteiger partial charge on any atom is -0.490 e. The molecule has 0 radical (unpaired) electrons. The average Bonchev–Trinajstić information content (AvgIpc) is 2.70. The Morgan fingerprint density at radius 2 is 1.85 bits per heavy atom. The summed E-state index contributed by atoms with van der Waals surface area (Å²) in [5, 5.41) is 0. The van der Waals surface area contributed by atoms with Crippen molar-refractivity contribution in [3.63, 3.8) is 0 Å². The monoisotopic (exact) mass is 374 g/mol. The smallest absolute Gasteiger partial charge is 0.262 e. The fourth-order valence-corrected chi connectivity index (χ4v) is 3.03. The van der Waals surface area contributed by atoms with Crippen LogP contribution in [0.1, 0.15) is 57.9 Å². The maximum atomic E-state index is 12.0. The van der Waals surface area contributed by atoms with Crippen molar-refractivity contribution in [2.45, 2.75) is 52.4 Å². The lowest BCUT2D eigenvalue weighted by atomic mass is 9.89. The fraction of sp³-hybridized carbons (Fsp3) is 0.524. The van der Waals surface area contributed by atoms with Gasteiger partial charge in [-0.1, -0.05) is 32.3 Å². The molecule has 1 aromatic carbocycles. The molecule has 0 aromatic heterocycles. The number of hydrazine groups is 1. The van der Waals surface area contributed by atoms with Gasteiger partial charge in [-0.05, 0) is 50.0 Å². The van der Waals surface area contributed by atoms with Crippen molar-refractivity contribution in [1.29, 1.82) is 0 Å². The van der Waals surface area contributed by atoms with E-state index in [2.05, 4.69) is 10.9 Å². The standard InChI is InChI=1S/C21H30N2O4/c1-3-14-27-18-12-10-16(15-19(18)26-4-2)11-13-20(24)22-23-21(25)17-8-6-5-7-9-17/h10-13,15,17H,3-9,14H2,1-2H3,(H,22,24)(H,23,25)/b13-11+. The molecule has 2 N–H and O–H groups in total. The number of hydrogen-bond acceptors (Lipinski definition) is 4. The van der Waals surface area contributed by atoms with E-state index in [1.54, 1.807) is 6.08 Å². The number of benzene rings is 1. The highest BCUT2D eigenvalue weighted by Gasteiger charge is 2.20. The number of carbonyl (C=O) groups is 2. The second-order valence-electron chi connectivity index (χ2n) is 6.63. The maximum Gasteiger partial charge on any atom is 0.262 e. The molecule has 0 saturated heterocycles. The number of rotatable bonds is 8. The summed E-state index contributed by atoms with van der Waals surface area (Å²) in [7, 11) is 0. The Hall–Kier alpha value is -2.50. The predicted octanol–water partition coefficient (Wildman–Crippen LogP) is 3.62. The topological polar surface area (TPSA) is 76.7 Å². The maximum absolute atomic E-state index is 12.0. The third kappa shape index (κ3) is 6.96. The van der Waals surface area contributed by atoms with Crippen LogP contribution in [0.4, 0.5) is 0 Å². The van der Waals surface area contributed by atoms with E-state index in [9.17, 15) is 9.59 Å². The fourth-order valence-electron chi connectivity index (χ4n) is 3.03. The molecule has 0 aliphatic heterocycles. The Labute approximate surface area is 161 Å². The van der Waals surface area contributed by atoms with E-state index in [1.807, 2.05) is 32.0 Å². The van der Waals surface area contributed by atoms with E-state index in [-0.39, 0.29) is 17.7 Å². The van der Waals surface area contributed by atoms with Gasteiger partial charge in [-0.3, -0.25) is 20.4 Å². The van der Waals surface area contributed by atoms with Crippen molar-refractivity contribution in [1.82, 2.24) is 10.9 Å². The summed E-state index contributed by atoms with van der Waals surface area (Å²) >= 11 is 0. The molecule has 1 saturated carbocycles. The van der Waals surface area contributed by atoms with E-state index in [4.69, 9.17) is 9.47 Å². The van der Waals surface area contributed by atoms with E-state index < -0.39 is 0 Å². The van der Waals surface area contributed by atoms with Gasteiger partial charge >= 0.3 is 0 Å². The van der Waals surface area contributed by atoms with E-state index in [0.717, 1.165) is 37.7 Å². The first-order valence-corrected chi connectivity index (χ1v) is 9.81. The normalized spacial score (nSPS) is 14.7. The first-order valence-electron chi connectivity index (χ1n) is 9.81. The molecule has 27 heavy (non-hydrogen) atoms. The Balaban J connectivity index is 1.88. The molecule has 1 fully saturated rings. The first-order chi connectivity index (χ1) is 13.1. The van der Waals surface area contributed by atoms with Crippen molar-refractivity contribution >= 4 is 17.9 Å². The Morgan fingerprint density at radius 3 is 2.56 bits per heavy atom. The summed E-state index contributed by atoms with van der Waals surface area (Å²) in [6, 6.07) is 5.53. The molecule has 1 aliphatic rings. The van der Waals surface area contributed by atoms with Crippen LogP contribution in [0.5, 0.6) is 11.5 Å². The number of nitrogens with one attached hydrogen (secondary N) is 2. The third-order valence-corrected chi connectivity index (χ3v) is 4.44. The second kappa shape index (κ2) is 11.3. The highest BCUT2D eigenvalue weighted by atomic mass is 16.5. The van der Waals surface area contributed by atoms with Crippen LogP contribution < -0.4 is 20.3 Å². The molecule has 1 aromatic rings. The van der Waals surface area contributed by atoms with Crippen LogP contribution in [0.2, 0.25) is 0 Å². The average molecular weight is 374 g/mol. The molecule has 0 atom stereocenters. The van der Waals surface area contributed by atoms with Crippen molar-refractivity contribution in [2.75, 3.05) is 13.2 Å². The molecule has 0 heterocycles. The molecule has 2 rings (SSSR count). The summed E-state index contributed by atoms with van der Waals surface area (Å²) in [4.78, 5) is 24.0. The van der Waals surface area contributed by atoms with Crippen LogP contribution in [0.3, 0.4) is 0 Å². The van der Waals surface area contributed by atoms with Gasteiger partial charge in [0.1, 0.15) is 0 Å². The molecule has 1 aliphatic carbocycles. The zero-order valence-corrected chi connectivity index (χ0v) is 16.3. The van der Waals surface area contributed by atoms with Crippen LogP contribution >= 0.6 is 0 Å². The summed E-state index contributed by atoms with van der Waals surface area (Å²) in [5.41, 5.74) is 5.78. The van der Waals surface area contributed by atoms with Crippen molar-refractivity contribution in [3.05, 3.63) is 29.8 Å². The second-order valence-corrected chi connectivity index (χ2v) is 6.63. The van der Waals surface area contributed by atoms with Gasteiger partial charge in [-0.25, -0.2) is 0 Å². The zero-order chi connectivity index (χ0) is 19.5. The van der Waals surface area contributed by atoms with Crippen molar-refractivity contribution in [3.8, 4) is 11.5 Å². The Kier molecular flexibility index (Phi) is 8.68. The van der Waals surface area contributed by atoms with Crippen LogP contribution in [-0.2, 0) is 9.59 Å². The van der Waals surface area contributed by atoms with Crippen LogP contribution in [0.25, 0.3) is 6.08 Å². The molecular formula is C21H30N2O4. The lowest BCUT2D eigenvalue weighted by Gasteiger charge is -2.20. The van der Waals surface area contributed by atoms with Gasteiger partial charge < -0.3 is 9.47 Å². The predicted molar refractivity (Wildman–Crippen MR) is 105 cm³/mol. The third-order valence-electron chi connectivity index (χ3n) is 4.44. The van der Waals surface area contributed by atoms with Gasteiger partial charge in [-0.15, -0.1) is 0 Å². The van der Waals surface area contributed by atoms with E-state index in [1.165, 1.54) is 12.5 Å². The molecule has 148 valence electrons. The largest absolute Gasteiger partial charge is 0.490 e.